The first-order valence-electron chi connectivity index (χ1n) is 7.16. The third-order valence-corrected chi connectivity index (χ3v) is 6.48. The maximum atomic E-state index is 6.34. The quantitative estimate of drug-likeness (QED) is 0.763. The lowest BCUT2D eigenvalue weighted by atomic mass is 10.0. The molecule has 0 spiro atoms. The van der Waals surface area contributed by atoms with Gasteiger partial charge in [-0.3, -0.25) is 0 Å². The Morgan fingerprint density at radius 1 is 0.900 bits per heavy atom. The standard InChI is InChI=1S/C18H24OSi/c1-14-11-15(2)18(16(3)12-14)13-19-20(4,5)17-9-7-6-8-10-17/h6-12H,13H2,1-5H3. The van der Waals surface area contributed by atoms with Crippen LogP contribution in [0.5, 0.6) is 0 Å². The van der Waals surface area contributed by atoms with E-state index >= 15 is 0 Å². The van der Waals surface area contributed by atoms with E-state index in [9.17, 15) is 0 Å². The van der Waals surface area contributed by atoms with Gasteiger partial charge < -0.3 is 4.43 Å². The van der Waals surface area contributed by atoms with Gasteiger partial charge in [0.25, 0.3) is 0 Å². The van der Waals surface area contributed by atoms with E-state index in [2.05, 4.69) is 76.3 Å². The van der Waals surface area contributed by atoms with Gasteiger partial charge >= 0.3 is 0 Å². The van der Waals surface area contributed by atoms with Crippen LogP contribution in [0.2, 0.25) is 13.1 Å². The number of hydrogen-bond acceptors (Lipinski definition) is 1. The van der Waals surface area contributed by atoms with Crippen molar-refractivity contribution in [3.8, 4) is 0 Å². The van der Waals surface area contributed by atoms with Crippen molar-refractivity contribution in [3.63, 3.8) is 0 Å². The van der Waals surface area contributed by atoms with Gasteiger partial charge in [-0.15, -0.1) is 0 Å². The fraction of sp³-hybridized carbons (Fsp3) is 0.333. The van der Waals surface area contributed by atoms with Gasteiger partial charge in [0, 0.05) is 0 Å². The molecule has 2 aromatic rings. The summed E-state index contributed by atoms with van der Waals surface area (Å²) < 4.78 is 6.34. The van der Waals surface area contributed by atoms with Crippen molar-refractivity contribution in [2.45, 2.75) is 40.5 Å². The van der Waals surface area contributed by atoms with Gasteiger partial charge in [-0.05, 0) is 55.7 Å². The summed E-state index contributed by atoms with van der Waals surface area (Å²) in [6.45, 7) is 11.7. The zero-order valence-electron chi connectivity index (χ0n) is 13.2. The van der Waals surface area contributed by atoms with E-state index in [0.29, 0.717) is 6.61 Å². The van der Waals surface area contributed by atoms with Crippen molar-refractivity contribution >= 4 is 13.5 Å². The van der Waals surface area contributed by atoms with Crippen molar-refractivity contribution < 1.29 is 4.43 Å². The zero-order chi connectivity index (χ0) is 14.8. The summed E-state index contributed by atoms with van der Waals surface area (Å²) in [7, 11) is -1.82. The molecule has 106 valence electrons. The molecule has 0 saturated carbocycles. The Kier molecular flexibility index (Phi) is 4.46. The number of rotatable bonds is 4. The largest absolute Gasteiger partial charge is 0.409 e. The SMILES string of the molecule is Cc1cc(C)c(CO[Si](C)(C)c2ccccc2)c(C)c1. The van der Waals surface area contributed by atoms with E-state index in [1.165, 1.54) is 27.4 Å². The van der Waals surface area contributed by atoms with Gasteiger partial charge in [-0.2, -0.15) is 0 Å². The first-order chi connectivity index (χ1) is 9.40. The highest BCUT2D eigenvalue weighted by Gasteiger charge is 2.25. The third kappa shape index (κ3) is 3.38. The second-order valence-electron chi connectivity index (χ2n) is 6.04. The summed E-state index contributed by atoms with van der Waals surface area (Å²) in [5, 5.41) is 1.35. The lowest BCUT2D eigenvalue weighted by Gasteiger charge is -2.24. The van der Waals surface area contributed by atoms with Crippen LogP contribution >= 0.6 is 0 Å². The van der Waals surface area contributed by atoms with Crippen LogP contribution in [0, 0.1) is 20.8 Å². The summed E-state index contributed by atoms with van der Waals surface area (Å²) in [4.78, 5) is 0. The lowest BCUT2D eigenvalue weighted by molar-refractivity contribution is 0.302. The Balaban J connectivity index is 2.17. The number of aryl methyl sites for hydroxylation is 3. The van der Waals surface area contributed by atoms with Crippen LogP contribution in [0.15, 0.2) is 42.5 Å². The van der Waals surface area contributed by atoms with E-state index in [0.717, 1.165) is 0 Å². The van der Waals surface area contributed by atoms with E-state index in [1.807, 2.05) is 0 Å². The molecule has 1 nitrogen and oxygen atoms in total. The van der Waals surface area contributed by atoms with Gasteiger partial charge in [0.1, 0.15) is 0 Å². The average molecular weight is 284 g/mol. The highest BCUT2D eigenvalue weighted by atomic mass is 28.4. The van der Waals surface area contributed by atoms with Gasteiger partial charge in [0.2, 0.25) is 8.32 Å². The molecule has 2 rings (SSSR count). The zero-order valence-corrected chi connectivity index (χ0v) is 14.2. The van der Waals surface area contributed by atoms with Crippen molar-refractivity contribution in [3.05, 3.63) is 64.7 Å². The molecule has 0 saturated heterocycles. The van der Waals surface area contributed by atoms with E-state index < -0.39 is 8.32 Å². The van der Waals surface area contributed by atoms with Crippen LogP contribution in [0.3, 0.4) is 0 Å². The highest BCUT2D eigenvalue weighted by molar-refractivity contribution is 6.84. The van der Waals surface area contributed by atoms with Gasteiger partial charge in [0.15, 0.2) is 0 Å². The van der Waals surface area contributed by atoms with Crippen molar-refractivity contribution in [1.82, 2.24) is 0 Å². The predicted molar refractivity (Wildman–Crippen MR) is 89.0 cm³/mol. The van der Waals surface area contributed by atoms with E-state index in [1.54, 1.807) is 0 Å². The molecule has 2 aromatic carbocycles. The van der Waals surface area contributed by atoms with Gasteiger partial charge in [0.05, 0.1) is 6.61 Å². The van der Waals surface area contributed by atoms with Crippen LogP contribution in [-0.4, -0.2) is 8.32 Å². The molecular formula is C18H24OSi. The molecule has 0 aliphatic carbocycles. The molecule has 0 heterocycles. The van der Waals surface area contributed by atoms with E-state index in [4.69, 9.17) is 4.43 Å². The molecule has 0 atom stereocenters. The van der Waals surface area contributed by atoms with Crippen molar-refractivity contribution in [2.24, 2.45) is 0 Å². The summed E-state index contributed by atoms with van der Waals surface area (Å²) in [6, 6.07) is 15.1. The topological polar surface area (TPSA) is 9.23 Å². The molecule has 0 unspecified atom stereocenters. The maximum Gasteiger partial charge on any atom is 0.218 e. The van der Waals surface area contributed by atoms with Crippen LogP contribution in [0.25, 0.3) is 0 Å². The van der Waals surface area contributed by atoms with E-state index in [-0.39, 0.29) is 0 Å². The molecule has 20 heavy (non-hydrogen) atoms. The highest BCUT2D eigenvalue weighted by Crippen LogP contribution is 2.19. The van der Waals surface area contributed by atoms with Crippen LogP contribution in [0.1, 0.15) is 22.3 Å². The fourth-order valence-corrected chi connectivity index (χ4v) is 4.28. The molecular weight excluding hydrogens is 260 g/mol. The Hall–Kier alpha value is -1.38. The summed E-state index contributed by atoms with van der Waals surface area (Å²) in [6.07, 6.45) is 0. The summed E-state index contributed by atoms with van der Waals surface area (Å²) in [5.74, 6) is 0. The van der Waals surface area contributed by atoms with Crippen LogP contribution < -0.4 is 5.19 Å². The normalized spacial score (nSPS) is 11.7. The Labute approximate surface area is 123 Å². The molecule has 0 aliphatic rings. The maximum absolute atomic E-state index is 6.34. The van der Waals surface area contributed by atoms with Crippen molar-refractivity contribution in [2.75, 3.05) is 0 Å². The molecule has 0 bridgehead atoms. The second kappa shape index (κ2) is 5.94. The Morgan fingerprint density at radius 2 is 1.45 bits per heavy atom. The molecule has 0 amide bonds. The summed E-state index contributed by atoms with van der Waals surface area (Å²) >= 11 is 0. The van der Waals surface area contributed by atoms with Crippen LogP contribution in [-0.2, 0) is 11.0 Å². The Morgan fingerprint density at radius 3 is 2.00 bits per heavy atom. The predicted octanol–water partition coefficient (Wildman–Crippen LogP) is 4.24. The van der Waals surface area contributed by atoms with Gasteiger partial charge in [-0.1, -0.05) is 48.0 Å². The molecule has 0 aromatic heterocycles. The molecule has 0 aliphatic heterocycles. The fourth-order valence-electron chi connectivity index (χ4n) is 2.61. The van der Waals surface area contributed by atoms with Gasteiger partial charge in [-0.25, -0.2) is 0 Å². The first kappa shape index (κ1) is 15.0. The molecule has 0 N–H and O–H groups in total. The summed E-state index contributed by atoms with van der Waals surface area (Å²) in [5.41, 5.74) is 5.33. The smallest absolute Gasteiger partial charge is 0.218 e. The minimum Gasteiger partial charge on any atom is -0.409 e. The minimum atomic E-state index is -1.82. The molecule has 0 radical (unpaired) electrons. The minimum absolute atomic E-state index is 0.714. The Bertz CT molecular complexity index is 565. The average Bonchev–Trinajstić information content (AvgIpc) is 2.38. The lowest BCUT2D eigenvalue weighted by Crippen LogP contribution is -2.44. The number of benzene rings is 2. The molecule has 0 fully saturated rings. The monoisotopic (exact) mass is 284 g/mol. The molecule has 2 heteroatoms. The van der Waals surface area contributed by atoms with Crippen LogP contribution in [0.4, 0.5) is 0 Å². The number of hydrogen-bond donors (Lipinski definition) is 0. The second-order valence-corrected chi connectivity index (χ2v) is 9.93. The first-order valence-corrected chi connectivity index (χ1v) is 10.1. The third-order valence-electron chi connectivity index (χ3n) is 3.89. The van der Waals surface area contributed by atoms with Crippen molar-refractivity contribution in [1.29, 1.82) is 0 Å².